The van der Waals surface area contributed by atoms with E-state index in [1.807, 2.05) is 0 Å². The largest absolute Gasteiger partial charge is 0.491 e. The second-order valence-corrected chi connectivity index (χ2v) is 6.07. The molecule has 0 aliphatic rings. The zero-order valence-electron chi connectivity index (χ0n) is 10.3. The van der Waals surface area contributed by atoms with Crippen LogP contribution in [-0.2, 0) is 0 Å². The third-order valence-electron chi connectivity index (χ3n) is 2.52. The summed E-state index contributed by atoms with van der Waals surface area (Å²) in [6.45, 7) is 0. The molecule has 21 heavy (non-hydrogen) atoms. The van der Waals surface area contributed by atoms with Gasteiger partial charge in [0.1, 0.15) is 20.8 Å². The monoisotopic (exact) mass is 404 g/mol. The van der Waals surface area contributed by atoms with E-state index in [-0.39, 0.29) is 42.4 Å². The van der Waals surface area contributed by atoms with Crippen LogP contribution < -0.4 is 9.47 Å². The molecule has 0 saturated carbocycles. The first-order valence-electron chi connectivity index (χ1n) is 5.40. The Bertz CT molecular complexity index is 702. The minimum atomic E-state index is 0.0530. The first-order chi connectivity index (χ1) is 9.88. The van der Waals surface area contributed by atoms with Gasteiger partial charge in [-0.1, -0.05) is 75.7 Å². The van der Waals surface area contributed by atoms with Crippen LogP contribution in [0, 0.1) is 0 Å². The van der Waals surface area contributed by atoms with E-state index in [2.05, 4.69) is 0 Å². The van der Waals surface area contributed by atoms with Crippen molar-refractivity contribution in [1.29, 1.82) is 0 Å². The van der Waals surface area contributed by atoms with E-state index in [0.29, 0.717) is 5.02 Å². The topological polar surface area (TPSA) is 18.5 Å². The van der Waals surface area contributed by atoms with Gasteiger partial charge in [0, 0.05) is 0 Å². The Hall–Kier alpha value is -0.220. The van der Waals surface area contributed by atoms with Crippen molar-refractivity contribution in [1.82, 2.24) is 0 Å². The molecule has 2 aromatic rings. The predicted octanol–water partition coefficient (Wildman–Crippen LogP) is 7.41. The molecule has 0 N–H and O–H groups in total. The lowest BCUT2D eigenvalue weighted by Gasteiger charge is -2.16. The van der Waals surface area contributed by atoms with Gasteiger partial charge in [0.05, 0.1) is 22.2 Å². The maximum atomic E-state index is 6.14. The minimum absolute atomic E-state index is 0.0530. The molecule has 2 aromatic carbocycles. The molecule has 0 saturated heterocycles. The van der Waals surface area contributed by atoms with Gasteiger partial charge in [-0.25, -0.2) is 0 Å². The average molecular weight is 407 g/mol. The molecule has 112 valence electrons. The fourth-order valence-corrected chi connectivity index (χ4v) is 2.80. The predicted molar refractivity (Wildman–Crippen MR) is 89.6 cm³/mol. The van der Waals surface area contributed by atoms with Gasteiger partial charge in [0.15, 0.2) is 11.5 Å². The quantitative estimate of drug-likeness (QED) is 0.390. The Balaban J connectivity index is 2.61. The Kier molecular flexibility index (Phi) is 5.64. The second-order valence-electron chi connectivity index (χ2n) is 3.77. The molecule has 0 fully saturated rings. The Morgan fingerprint density at radius 3 is 1.86 bits per heavy atom. The van der Waals surface area contributed by atoms with Crippen molar-refractivity contribution in [2.24, 2.45) is 0 Å². The number of hydrogen-bond acceptors (Lipinski definition) is 2. The maximum Gasteiger partial charge on any atom is 0.191 e. The van der Waals surface area contributed by atoms with E-state index in [9.17, 15) is 0 Å². The van der Waals surface area contributed by atoms with Gasteiger partial charge in [0.2, 0.25) is 0 Å². The molecular weight excluding hydrogens is 401 g/mol. The molecule has 8 heteroatoms. The molecule has 0 unspecified atom stereocenters. The van der Waals surface area contributed by atoms with Crippen LogP contribution in [0.15, 0.2) is 18.2 Å². The molecule has 0 aromatic heterocycles. The second kappa shape index (κ2) is 6.91. The third kappa shape index (κ3) is 3.26. The number of ether oxygens (including phenoxy) is 2. The Morgan fingerprint density at radius 1 is 0.714 bits per heavy atom. The van der Waals surface area contributed by atoms with Crippen LogP contribution in [0.1, 0.15) is 0 Å². The van der Waals surface area contributed by atoms with Crippen LogP contribution in [0.2, 0.25) is 30.1 Å². The summed E-state index contributed by atoms with van der Waals surface area (Å²) < 4.78 is 10.8. The molecule has 0 radical (unpaired) electrons. The summed E-state index contributed by atoms with van der Waals surface area (Å²) >= 11 is 36.2. The Morgan fingerprint density at radius 2 is 1.29 bits per heavy atom. The Labute approximate surface area is 151 Å². The lowest BCUT2D eigenvalue weighted by Crippen LogP contribution is -1.95. The summed E-state index contributed by atoms with van der Waals surface area (Å²) in [4.78, 5) is 0. The molecule has 0 spiro atoms. The maximum absolute atomic E-state index is 6.14. The van der Waals surface area contributed by atoms with Crippen LogP contribution in [0.4, 0.5) is 0 Å². The van der Waals surface area contributed by atoms with Gasteiger partial charge in [0.25, 0.3) is 0 Å². The van der Waals surface area contributed by atoms with Crippen molar-refractivity contribution < 1.29 is 9.47 Å². The van der Waals surface area contributed by atoms with E-state index in [0.717, 1.165) is 0 Å². The van der Waals surface area contributed by atoms with E-state index < -0.39 is 0 Å². The fraction of sp³-hybridized carbons (Fsp3) is 0.0769. The highest BCUT2D eigenvalue weighted by molar-refractivity contribution is 6.53. The van der Waals surface area contributed by atoms with E-state index in [1.165, 1.54) is 7.11 Å². The van der Waals surface area contributed by atoms with E-state index in [1.54, 1.807) is 18.2 Å². The fourth-order valence-electron chi connectivity index (χ4n) is 1.54. The van der Waals surface area contributed by atoms with Crippen molar-refractivity contribution in [2.45, 2.75) is 0 Å². The van der Waals surface area contributed by atoms with Gasteiger partial charge in [-0.3, -0.25) is 0 Å². The summed E-state index contributed by atoms with van der Waals surface area (Å²) in [5.74, 6) is 0.522. The highest BCUT2D eigenvalue weighted by Gasteiger charge is 2.23. The summed E-state index contributed by atoms with van der Waals surface area (Å²) in [5, 5.41) is 0.817. The average Bonchev–Trinajstić information content (AvgIpc) is 2.47. The standard InChI is InChI=1S/C13H6Cl6O2/c1-20-12-10(18)8(16)9(17)11(19)13(12)21-6-4-2-3-5(14)7(6)15/h2-4H,1H3. The summed E-state index contributed by atoms with van der Waals surface area (Å²) in [5.41, 5.74) is 0. The molecule has 0 aliphatic carbocycles. The summed E-state index contributed by atoms with van der Waals surface area (Å²) in [7, 11) is 1.40. The van der Waals surface area contributed by atoms with Crippen LogP contribution in [0.25, 0.3) is 0 Å². The number of rotatable bonds is 3. The molecule has 2 rings (SSSR count). The van der Waals surface area contributed by atoms with Crippen LogP contribution in [-0.4, -0.2) is 7.11 Å². The van der Waals surface area contributed by atoms with Gasteiger partial charge < -0.3 is 9.47 Å². The van der Waals surface area contributed by atoms with Crippen molar-refractivity contribution in [3.63, 3.8) is 0 Å². The van der Waals surface area contributed by atoms with E-state index in [4.69, 9.17) is 79.1 Å². The minimum Gasteiger partial charge on any atom is -0.491 e. The normalized spacial score (nSPS) is 10.6. The smallest absolute Gasteiger partial charge is 0.191 e. The highest BCUT2D eigenvalue weighted by atomic mass is 35.5. The van der Waals surface area contributed by atoms with Gasteiger partial charge in [-0.15, -0.1) is 0 Å². The molecule has 0 atom stereocenters. The van der Waals surface area contributed by atoms with Crippen molar-refractivity contribution in [3.8, 4) is 17.2 Å². The summed E-state index contributed by atoms with van der Waals surface area (Å²) in [6.07, 6.45) is 0. The molecule has 0 bridgehead atoms. The first-order valence-corrected chi connectivity index (χ1v) is 7.67. The van der Waals surface area contributed by atoms with Gasteiger partial charge in [-0.05, 0) is 12.1 Å². The van der Waals surface area contributed by atoms with Gasteiger partial charge in [-0.2, -0.15) is 0 Å². The van der Waals surface area contributed by atoms with Crippen LogP contribution >= 0.6 is 69.6 Å². The molecule has 0 aliphatic heterocycles. The van der Waals surface area contributed by atoms with E-state index >= 15 is 0 Å². The molecule has 0 amide bonds. The number of halogens is 6. The molecule has 0 heterocycles. The lowest BCUT2D eigenvalue weighted by atomic mass is 10.3. The zero-order chi connectivity index (χ0) is 15.7. The number of methoxy groups -OCH3 is 1. The lowest BCUT2D eigenvalue weighted by molar-refractivity contribution is 0.379. The van der Waals surface area contributed by atoms with Gasteiger partial charge >= 0.3 is 0 Å². The first kappa shape index (κ1) is 17.1. The van der Waals surface area contributed by atoms with Crippen LogP contribution in [0.3, 0.4) is 0 Å². The molecule has 2 nitrogen and oxygen atoms in total. The summed E-state index contributed by atoms with van der Waals surface area (Å²) in [6, 6.07) is 4.90. The zero-order valence-corrected chi connectivity index (χ0v) is 14.9. The third-order valence-corrected chi connectivity index (χ3v) is 5.08. The van der Waals surface area contributed by atoms with Crippen molar-refractivity contribution in [2.75, 3.05) is 7.11 Å². The number of hydrogen-bond donors (Lipinski definition) is 0. The van der Waals surface area contributed by atoms with Crippen molar-refractivity contribution >= 4 is 69.6 Å². The van der Waals surface area contributed by atoms with Crippen LogP contribution in [0.5, 0.6) is 17.2 Å². The number of benzene rings is 2. The molecular formula is C13H6Cl6O2. The van der Waals surface area contributed by atoms with Crippen molar-refractivity contribution in [3.05, 3.63) is 48.3 Å². The highest BCUT2D eigenvalue weighted by Crippen LogP contribution is 2.52. The SMILES string of the molecule is COc1c(Cl)c(Cl)c(Cl)c(Cl)c1Oc1cccc(Cl)c1Cl.